The van der Waals surface area contributed by atoms with Gasteiger partial charge in [0.1, 0.15) is 0 Å². The summed E-state index contributed by atoms with van der Waals surface area (Å²) in [5.74, 6) is 3.34. The lowest BCUT2D eigenvalue weighted by Gasteiger charge is -2.55. The minimum Gasteiger partial charge on any atom is -0.493 e. The van der Waals surface area contributed by atoms with Gasteiger partial charge in [-0.2, -0.15) is 0 Å². The summed E-state index contributed by atoms with van der Waals surface area (Å²) < 4.78 is 16.6. The molecule has 0 aliphatic heterocycles. The number of methoxy groups -OCH3 is 3. The highest BCUT2D eigenvalue weighted by Gasteiger charge is 2.51. The normalized spacial score (nSPS) is 26.1. The first-order chi connectivity index (χ1) is 16.3. The maximum Gasteiger partial charge on any atom is 0.203 e. The highest BCUT2D eigenvalue weighted by molar-refractivity contribution is 5.53. The van der Waals surface area contributed by atoms with Crippen LogP contribution >= 0.6 is 0 Å². The molecule has 3 atom stereocenters. The lowest BCUT2D eigenvalue weighted by Crippen LogP contribution is -2.52. The van der Waals surface area contributed by atoms with E-state index in [0.29, 0.717) is 29.1 Å². The van der Waals surface area contributed by atoms with Crippen LogP contribution < -0.4 is 19.5 Å². The summed E-state index contributed by atoms with van der Waals surface area (Å²) >= 11 is 0. The fourth-order valence-electron chi connectivity index (χ4n) is 6.94. The van der Waals surface area contributed by atoms with Gasteiger partial charge in [-0.1, -0.05) is 52.3 Å². The topological polar surface area (TPSA) is 39.7 Å². The van der Waals surface area contributed by atoms with Gasteiger partial charge in [0, 0.05) is 13.1 Å². The van der Waals surface area contributed by atoms with Crippen molar-refractivity contribution in [3.05, 3.63) is 52.6 Å². The van der Waals surface area contributed by atoms with Gasteiger partial charge in [0.25, 0.3) is 0 Å². The number of nitrogens with one attached hydrogen (secondary N) is 1. The molecule has 2 aliphatic carbocycles. The van der Waals surface area contributed by atoms with Crippen molar-refractivity contribution in [1.82, 2.24) is 5.32 Å². The molecule has 4 rings (SSSR count). The third kappa shape index (κ3) is 4.42. The number of fused-ring (bicyclic) bond motifs is 3. The van der Waals surface area contributed by atoms with Gasteiger partial charge in [-0.05, 0) is 82.7 Å². The van der Waals surface area contributed by atoms with Crippen LogP contribution in [0.1, 0.15) is 81.5 Å². The smallest absolute Gasteiger partial charge is 0.203 e. The molecule has 1 saturated carbocycles. The molecule has 1 fully saturated rings. The van der Waals surface area contributed by atoms with Crippen LogP contribution in [-0.4, -0.2) is 27.9 Å². The molecule has 2 aliphatic rings. The van der Waals surface area contributed by atoms with Gasteiger partial charge in [-0.25, -0.2) is 0 Å². The SMILES string of the molecule is COc1cc(CNC[C@]2(C)CCC[C@@]3(C)c4ccc(C(C)C)cc4CC[C@@H]23)cc(OC)c1OC. The number of hydrogen-bond acceptors (Lipinski definition) is 4. The molecule has 0 unspecified atom stereocenters. The molecule has 0 spiro atoms. The molecule has 0 aromatic heterocycles. The summed E-state index contributed by atoms with van der Waals surface area (Å²) in [6.45, 7) is 11.5. The third-order valence-electron chi connectivity index (χ3n) is 8.75. The molecule has 0 saturated heterocycles. The molecule has 0 heterocycles. The van der Waals surface area contributed by atoms with Crippen LogP contribution in [-0.2, 0) is 18.4 Å². The van der Waals surface area contributed by atoms with Crippen LogP contribution in [0.3, 0.4) is 0 Å². The summed E-state index contributed by atoms with van der Waals surface area (Å²) in [5, 5.41) is 3.80. The monoisotopic (exact) mass is 465 g/mol. The zero-order chi connectivity index (χ0) is 24.5. The zero-order valence-electron chi connectivity index (χ0n) is 22.2. The Bertz CT molecular complexity index is 991. The molecule has 1 N–H and O–H groups in total. The number of ether oxygens (including phenoxy) is 3. The number of rotatable bonds is 8. The second kappa shape index (κ2) is 9.81. The second-order valence-corrected chi connectivity index (χ2v) is 11.2. The predicted octanol–water partition coefficient (Wildman–Crippen LogP) is 6.64. The summed E-state index contributed by atoms with van der Waals surface area (Å²) in [6.07, 6.45) is 6.37. The molecule has 2 aromatic rings. The van der Waals surface area contributed by atoms with Crippen molar-refractivity contribution in [2.75, 3.05) is 27.9 Å². The van der Waals surface area contributed by atoms with E-state index in [1.807, 2.05) is 12.1 Å². The largest absolute Gasteiger partial charge is 0.493 e. The summed E-state index contributed by atoms with van der Waals surface area (Å²) in [7, 11) is 4.98. The van der Waals surface area contributed by atoms with Gasteiger partial charge in [0.05, 0.1) is 21.3 Å². The van der Waals surface area contributed by atoms with E-state index in [-0.39, 0.29) is 10.8 Å². The Morgan fingerprint density at radius 2 is 1.68 bits per heavy atom. The van der Waals surface area contributed by atoms with E-state index >= 15 is 0 Å². The highest BCUT2D eigenvalue weighted by atomic mass is 16.5. The van der Waals surface area contributed by atoms with Gasteiger partial charge in [0.2, 0.25) is 5.75 Å². The van der Waals surface area contributed by atoms with E-state index in [2.05, 4.69) is 51.2 Å². The second-order valence-electron chi connectivity index (χ2n) is 11.2. The van der Waals surface area contributed by atoms with Gasteiger partial charge in [0.15, 0.2) is 11.5 Å². The lowest BCUT2D eigenvalue weighted by atomic mass is 9.49. The number of benzene rings is 2. The van der Waals surface area contributed by atoms with E-state index in [0.717, 1.165) is 18.7 Å². The summed E-state index contributed by atoms with van der Waals surface area (Å²) in [5.41, 5.74) is 6.38. The first-order valence-corrected chi connectivity index (χ1v) is 12.9. The molecule has 4 heteroatoms. The van der Waals surface area contributed by atoms with E-state index in [1.165, 1.54) is 37.7 Å². The van der Waals surface area contributed by atoms with Gasteiger partial charge >= 0.3 is 0 Å². The van der Waals surface area contributed by atoms with E-state index in [4.69, 9.17) is 14.2 Å². The molecule has 2 aromatic carbocycles. The molecule has 0 radical (unpaired) electrons. The Balaban J connectivity index is 1.51. The predicted molar refractivity (Wildman–Crippen MR) is 139 cm³/mol. The first-order valence-electron chi connectivity index (χ1n) is 12.9. The Morgan fingerprint density at radius 1 is 0.971 bits per heavy atom. The first kappa shape index (κ1) is 24.9. The van der Waals surface area contributed by atoms with E-state index in [1.54, 1.807) is 32.5 Å². The maximum atomic E-state index is 5.54. The minimum atomic E-state index is 0.268. The van der Waals surface area contributed by atoms with Crippen LogP contribution in [0.15, 0.2) is 30.3 Å². The number of aryl methyl sites for hydroxylation is 1. The Hall–Kier alpha value is -2.20. The fourth-order valence-corrected chi connectivity index (χ4v) is 6.94. The van der Waals surface area contributed by atoms with E-state index in [9.17, 15) is 0 Å². The van der Waals surface area contributed by atoms with Crippen LogP contribution in [0.4, 0.5) is 0 Å². The molecule has 0 amide bonds. The molecule has 34 heavy (non-hydrogen) atoms. The number of hydrogen-bond donors (Lipinski definition) is 1. The van der Waals surface area contributed by atoms with Crippen molar-refractivity contribution in [3.8, 4) is 17.2 Å². The molecule has 0 bridgehead atoms. The van der Waals surface area contributed by atoms with Crippen LogP contribution in [0.5, 0.6) is 17.2 Å². The molecular formula is C30H43NO3. The Kier molecular flexibility index (Phi) is 7.19. The maximum absolute atomic E-state index is 5.54. The van der Waals surface area contributed by atoms with Crippen LogP contribution in [0.2, 0.25) is 0 Å². The molecular weight excluding hydrogens is 422 g/mol. The Labute approximate surface area is 206 Å². The summed E-state index contributed by atoms with van der Waals surface area (Å²) in [6, 6.07) is 11.4. The third-order valence-corrected chi connectivity index (χ3v) is 8.75. The van der Waals surface area contributed by atoms with Crippen molar-refractivity contribution >= 4 is 0 Å². The minimum absolute atomic E-state index is 0.268. The average molecular weight is 466 g/mol. The van der Waals surface area contributed by atoms with Crippen molar-refractivity contribution in [1.29, 1.82) is 0 Å². The highest BCUT2D eigenvalue weighted by Crippen LogP contribution is 2.57. The van der Waals surface area contributed by atoms with E-state index < -0.39 is 0 Å². The fraction of sp³-hybridized carbons (Fsp3) is 0.600. The standard InChI is InChI=1S/C30H43NO3/c1-20(2)22-9-11-24-23(17-22)10-12-27-29(3,13-8-14-30(24,27)4)19-31-18-21-15-25(32-5)28(34-7)26(16-21)33-6/h9,11,15-17,20,27,31H,8,10,12-14,18-19H2,1-7H3/t27-,29-,30-/m0/s1. The van der Waals surface area contributed by atoms with Crippen molar-refractivity contribution in [2.24, 2.45) is 11.3 Å². The Morgan fingerprint density at radius 3 is 2.29 bits per heavy atom. The summed E-state index contributed by atoms with van der Waals surface area (Å²) in [4.78, 5) is 0. The zero-order valence-corrected chi connectivity index (χ0v) is 22.2. The molecule has 186 valence electrons. The van der Waals surface area contributed by atoms with Crippen LogP contribution in [0.25, 0.3) is 0 Å². The van der Waals surface area contributed by atoms with Gasteiger partial charge < -0.3 is 19.5 Å². The average Bonchev–Trinajstić information content (AvgIpc) is 2.82. The lowest BCUT2D eigenvalue weighted by molar-refractivity contribution is 0.0257. The van der Waals surface area contributed by atoms with Crippen molar-refractivity contribution < 1.29 is 14.2 Å². The van der Waals surface area contributed by atoms with Crippen molar-refractivity contribution in [3.63, 3.8) is 0 Å². The quantitative estimate of drug-likeness (QED) is 0.475. The van der Waals surface area contributed by atoms with Gasteiger partial charge in [-0.15, -0.1) is 0 Å². The van der Waals surface area contributed by atoms with Crippen LogP contribution in [0, 0.1) is 11.3 Å². The van der Waals surface area contributed by atoms with Gasteiger partial charge in [-0.3, -0.25) is 0 Å². The molecule has 4 nitrogen and oxygen atoms in total. The van der Waals surface area contributed by atoms with Crippen molar-refractivity contribution in [2.45, 2.75) is 77.7 Å².